The second kappa shape index (κ2) is 10.4. The van der Waals surface area contributed by atoms with Crippen molar-refractivity contribution in [3.05, 3.63) is 82.2 Å². The number of aromatic nitrogens is 1. The van der Waals surface area contributed by atoms with Crippen LogP contribution in [-0.2, 0) is 17.7 Å². The zero-order valence-corrected chi connectivity index (χ0v) is 19.9. The summed E-state index contributed by atoms with van der Waals surface area (Å²) in [4.78, 5) is 30.3. The molecule has 0 saturated carbocycles. The molecule has 1 aromatic heterocycles. The van der Waals surface area contributed by atoms with E-state index in [1.54, 1.807) is 24.3 Å². The quantitative estimate of drug-likeness (QED) is 0.496. The Morgan fingerprint density at radius 1 is 1.03 bits per heavy atom. The second-order valence-corrected chi connectivity index (χ2v) is 8.53. The number of pyridine rings is 1. The van der Waals surface area contributed by atoms with Gasteiger partial charge in [-0.1, -0.05) is 55.8 Å². The summed E-state index contributed by atoms with van der Waals surface area (Å²) in [6, 6.07) is 14.7. The molecule has 0 radical (unpaired) electrons. The molecule has 6 nitrogen and oxygen atoms in total. The number of anilines is 1. The minimum Gasteiger partial charge on any atom is -0.465 e. The van der Waals surface area contributed by atoms with E-state index >= 15 is 0 Å². The lowest BCUT2D eigenvalue weighted by Gasteiger charge is -2.22. The number of amides is 1. The molecule has 0 fully saturated rings. The van der Waals surface area contributed by atoms with E-state index in [4.69, 9.17) is 15.5 Å². The number of methoxy groups -OCH3 is 1. The number of esters is 1. The third-order valence-corrected chi connectivity index (χ3v) is 5.53. The molecular weight excluding hydrogens is 414 g/mol. The lowest BCUT2D eigenvalue weighted by Crippen LogP contribution is -2.20. The van der Waals surface area contributed by atoms with Crippen LogP contribution in [0.5, 0.6) is 0 Å². The summed E-state index contributed by atoms with van der Waals surface area (Å²) in [5, 5.41) is 3.02. The zero-order valence-electron chi connectivity index (χ0n) is 19.9. The standard InChI is InChI=1S/C27H31N3O3/c1-16(2)14-23-22(15-28)24(19-12-10-17(3)11-13-19)25(18(4)29-23)30-26(31)20-8-6-7-9-21(20)27(32)33-5/h6-13,16H,14-15,28H2,1-5H3,(H,30,31). The molecule has 1 heterocycles. The number of nitrogens with one attached hydrogen (secondary N) is 1. The van der Waals surface area contributed by atoms with Crippen molar-refractivity contribution < 1.29 is 14.3 Å². The van der Waals surface area contributed by atoms with E-state index in [1.165, 1.54) is 7.11 Å². The van der Waals surface area contributed by atoms with Gasteiger partial charge < -0.3 is 15.8 Å². The molecule has 0 spiro atoms. The highest BCUT2D eigenvalue weighted by atomic mass is 16.5. The number of hydrogen-bond acceptors (Lipinski definition) is 5. The van der Waals surface area contributed by atoms with Crippen molar-refractivity contribution in [3.8, 4) is 11.1 Å². The fourth-order valence-corrected chi connectivity index (χ4v) is 3.92. The van der Waals surface area contributed by atoms with Gasteiger partial charge in [-0.25, -0.2) is 4.79 Å². The maximum Gasteiger partial charge on any atom is 0.338 e. The van der Waals surface area contributed by atoms with Gasteiger partial charge in [0.2, 0.25) is 0 Å². The third-order valence-electron chi connectivity index (χ3n) is 5.53. The molecule has 0 bridgehead atoms. The number of hydrogen-bond donors (Lipinski definition) is 2. The Bertz CT molecular complexity index is 1170. The molecule has 0 atom stereocenters. The number of aryl methyl sites for hydroxylation is 2. The van der Waals surface area contributed by atoms with Crippen LogP contribution in [0.2, 0.25) is 0 Å². The van der Waals surface area contributed by atoms with Crippen LogP contribution in [0.1, 0.15) is 57.1 Å². The predicted molar refractivity (Wildman–Crippen MR) is 131 cm³/mol. The molecule has 2 aromatic carbocycles. The number of ether oxygens (including phenoxy) is 1. The number of carbonyl (C=O) groups is 2. The van der Waals surface area contributed by atoms with Gasteiger partial charge in [0.25, 0.3) is 5.91 Å². The Hall–Kier alpha value is -3.51. The number of benzene rings is 2. The summed E-state index contributed by atoms with van der Waals surface area (Å²) in [5.41, 5.74) is 12.8. The van der Waals surface area contributed by atoms with E-state index in [2.05, 4.69) is 19.2 Å². The smallest absolute Gasteiger partial charge is 0.338 e. The maximum absolute atomic E-state index is 13.3. The largest absolute Gasteiger partial charge is 0.465 e. The predicted octanol–water partition coefficient (Wildman–Crippen LogP) is 5.06. The van der Waals surface area contributed by atoms with E-state index < -0.39 is 11.9 Å². The average molecular weight is 446 g/mol. The summed E-state index contributed by atoms with van der Waals surface area (Å²) in [6.07, 6.45) is 0.783. The number of nitrogens with zero attached hydrogens (tertiary/aromatic N) is 1. The molecule has 3 aromatic rings. The van der Waals surface area contributed by atoms with Crippen LogP contribution in [0.15, 0.2) is 48.5 Å². The van der Waals surface area contributed by atoms with Crippen molar-refractivity contribution in [3.63, 3.8) is 0 Å². The van der Waals surface area contributed by atoms with Crippen molar-refractivity contribution in [2.24, 2.45) is 11.7 Å². The van der Waals surface area contributed by atoms with Crippen molar-refractivity contribution >= 4 is 17.6 Å². The Labute approximate surface area is 195 Å². The van der Waals surface area contributed by atoms with E-state index in [0.717, 1.165) is 34.4 Å². The zero-order chi connectivity index (χ0) is 24.1. The van der Waals surface area contributed by atoms with Gasteiger partial charge in [-0.05, 0) is 49.4 Å². The summed E-state index contributed by atoms with van der Waals surface area (Å²) in [7, 11) is 1.29. The molecule has 0 aliphatic carbocycles. The molecule has 6 heteroatoms. The topological polar surface area (TPSA) is 94.3 Å². The summed E-state index contributed by atoms with van der Waals surface area (Å²) in [6.45, 7) is 8.48. The van der Waals surface area contributed by atoms with Gasteiger partial charge in [-0.3, -0.25) is 9.78 Å². The molecule has 0 saturated heterocycles. The van der Waals surface area contributed by atoms with Crippen LogP contribution in [0.25, 0.3) is 11.1 Å². The molecular formula is C27H31N3O3. The Balaban J connectivity index is 2.18. The molecule has 1 amide bonds. The van der Waals surface area contributed by atoms with Gasteiger partial charge >= 0.3 is 5.97 Å². The molecule has 0 aliphatic heterocycles. The van der Waals surface area contributed by atoms with Crippen molar-refractivity contribution in [1.82, 2.24) is 4.98 Å². The monoisotopic (exact) mass is 445 g/mol. The van der Waals surface area contributed by atoms with Gasteiger partial charge in [0.1, 0.15) is 0 Å². The first-order valence-electron chi connectivity index (χ1n) is 11.0. The Morgan fingerprint density at radius 2 is 1.67 bits per heavy atom. The van der Waals surface area contributed by atoms with Gasteiger partial charge in [0.15, 0.2) is 0 Å². The highest BCUT2D eigenvalue weighted by Gasteiger charge is 2.23. The molecule has 0 unspecified atom stereocenters. The summed E-state index contributed by atoms with van der Waals surface area (Å²) >= 11 is 0. The van der Waals surface area contributed by atoms with E-state index in [0.29, 0.717) is 23.8 Å². The van der Waals surface area contributed by atoms with Gasteiger partial charge in [-0.15, -0.1) is 0 Å². The fraction of sp³-hybridized carbons (Fsp3) is 0.296. The lowest BCUT2D eigenvalue weighted by molar-refractivity contribution is 0.0597. The normalized spacial score (nSPS) is 10.9. The third kappa shape index (κ3) is 5.29. The first-order chi connectivity index (χ1) is 15.8. The number of nitrogens with two attached hydrogens (primary N) is 1. The Morgan fingerprint density at radius 3 is 2.24 bits per heavy atom. The van der Waals surface area contributed by atoms with Crippen LogP contribution >= 0.6 is 0 Å². The van der Waals surface area contributed by atoms with Crippen LogP contribution in [-0.4, -0.2) is 24.0 Å². The lowest BCUT2D eigenvalue weighted by atomic mass is 9.92. The molecule has 0 aliphatic rings. The molecule has 3 N–H and O–H groups in total. The molecule has 3 rings (SSSR count). The van der Waals surface area contributed by atoms with E-state index in [1.807, 2.05) is 38.1 Å². The van der Waals surface area contributed by atoms with E-state index in [9.17, 15) is 9.59 Å². The average Bonchev–Trinajstić information content (AvgIpc) is 2.80. The van der Waals surface area contributed by atoms with Crippen molar-refractivity contribution in [2.75, 3.05) is 12.4 Å². The second-order valence-electron chi connectivity index (χ2n) is 8.53. The van der Waals surface area contributed by atoms with Crippen LogP contribution in [0.4, 0.5) is 5.69 Å². The number of rotatable bonds is 7. The first kappa shape index (κ1) is 24.1. The van der Waals surface area contributed by atoms with Gasteiger partial charge in [0, 0.05) is 17.8 Å². The van der Waals surface area contributed by atoms with Crippen LogP contribution < -0.4 is 11.1 Å². The van der Waals surface area contributed by atoms with Crippen molar-refractivity contribution in [2.45, 2.75) is 40.7 Å². The van der Waals surface area contributed by atoms with Gasteiger partial charge in [0.05, 0.1) is 29.6 Å². The number of carbonyl (C=O) groups excluding carboxylic acids is 2. The highest BCUT2D eigenvalue weighted by molar-refractivity contribution is 6.12. The SMILES string of the molecule is COC(=O)c1ccccc1C(=O)Nc1c(C)nc(CC(C)C)c(CN)c1-c1ccc(C)cc1. The summed E-state index contributed by atoms with van der Waals surface area (Å²) in [5.74, 6) is -0.571. The minimum atomic E-state index is -0.565. The van der Waals surface area contributed by atoms with Crippen LogP contribution in [0, 0.1) is 19.8 Å². The molecule has 33 heavy (non-hydrogen) atoms. The minimum absolute atomic E-state index is 0.204. The van der Waals surface area contributed by atoms with Gasteiger partial charge in [-0.2, -0.15) is 0 Å². The fourth-order valence-electron chi connectivity index (χ4n) is 3.92. The van der Waals surface area contributed by atoms with Crippen LogP contribution in [0.3, 0.4) is 0 Å². The maximum atomic E-state index is 13.3. The highest BCUT2D eigenvalue weighted by Crippen LogP contribution is 2.36. The Kier molecular flexibility index (Phi) is 7.61. The van der Waals surface area contributed by atoms with Crippen molar-refractivity contribution in [1.29, 1.82) is 0 Å². The summed E-state index contributed by atoms with van der Waals surface area (Å²) < 4.78 is 4.85. The molecule has 172 valence electrons. The van der Waals surface area contributed by atoms with E-state index in [-0.39, 0.29) is 11.1 Å². The first-order valence-corrected chi connectivity index (χ1v) is 11.0.